The van der Waals surface area contributed by atoms with E-state index in [0.29, 0.717) is 5.41 Å². The van der Waals surface area contributed by atoms with Gasteiger partial charge in [0.1, 0.15) is 5.69 Å². The summed E-state index contributed by atoms with van der Waals surface area (Å²) in [5, 5.41) is 2.44. The van der Waals surface area contributed by atoms with Crippen molar-refractivity contribution in [3.05, 3.63) is 29.8 Å². The molecule has 1 saturated heterocycles. The molecule has 2 heterocycles. The van der Waals surface area contributed by atoms with Crippen molar-refractivity contribution < 1.29 is 5.32 Å². The molecule has 1 aromatic carbocycles. The van der Waals surface area contributed by atoms with Gasteiger partial charge in [-0.2, -0.15) is 0 Å². The van der Waals surface area contributed by atoms with Gasteiger partial charge in [-0.1, -0.05) is 25.1 Å². The molecule has 0 aromatic heterocycles. The highest BCUT2D eigenvalue weighted by Gasteiger charge is 2.43. The second kappa shape index (κ2) is 3.86. The van der Waals surface area contributed by atoms with Crippen LogP contribution in [0.5, 0.6) is 0 Å². The average molecular weight is 217 g/mol. The van der Waals surface area contributed by atoms with Crippen molar-refractivity contribution >= 4 is 5.69 Å². The topological polar surface area (TPSA) is 19.9 Å². The van der Waals surface area contributed by atoms with E-state index in [9.17, 15) is 0 Å². The number of hydrogen-bond acceptors (Lipinski definition) is 1. The van der Waals surface area contributed by atoms with Gasteiger partial charge in [-0.05, 0) is 38.5 Å². The van der Waals surface area contributed by atoms with Crippen molar-refractivity contribution in [2.45, 2.75) is 25.2 Å². The van der Waals surface area contributed by atoms with E-state index in [1.807, 2.05) is 0 Å². The van der Waals surface area contributed by atoms with Gasteiger partial charge >= 0.3 is 0 Å². The van der Waals surface area contributed by atoms with Gasteiger partial charge in [0.15, 0.2) is 0 Å². The zero-order valence-corrected chi connectivity index (χ0v) is 10.1. The van der Waals surface area contributed by atoms with Crippen molar-refractivity contribution in [1.29, 1.82) is 0 Å². The number of para-hydroxylation sites is 1. The first-order valence-electron chi connectivity index (χ1n) is 6.49. The summed E-state index contributed by atoms with van der Waals surface area (Å²) < 4.78 is 0. The Labute approximate surface area is 97.6 Å². The Hall–Kier alpha value is -0.860. The highest BCUT2D eigenvalue weighted by molar-refractivity contribution is 5.47. The minimum absolute atomic E-state index is 0.488. The van der Waals surface area contributed by atoms with Gasteiger partial charge < -0.3 is 10.2 Å². The first-order valence-corrected chi connectivity index (χ1v) is 6.49. The highest BCUT2D eigenvalue weighted by atomic mass is 15.1. The third-order valence-corrected chi connectivity index (χ3v) is 4.51. The number of nitrogens with zero attached hydrogens (tertiary/aromatic N) is 1. The van der Waals surface area contributed by atoms with E-state index >= 15 is 0 Å². The summed E-state index contributed by atoms with van der Waals surface area (Å²) in [6, 6.07) is 8.98. The van der Waals surface area contributed by atoms with E-state index in [-0.39, 0.29) is 0 Å². The number of hydrogen-bond donors (Lipinski definition) is 1. The second-order valence-electron chi connectivity index (χ2n) is 5.21. The Morgan fingerprint density at radius 2 is 2.00 bits per heavy atom. The maximum absolute atomic E-state index is 2.58. The number of nitrogens with two attached hydrogens (primary N) is 1. The summed E-state index contributed by atoms with van der Waals surface area (Å²) in [7, 11) is 0. The van der Waals surface area contributed by atoms with Gasteiger partial charge in [0.05, 0.1) is 12.0 Å². The largest absolute Gasteiger partial charge is 0.313 e. The fourth-order valence-electron chi connectivity index (χ4n) is 3.34. The Kier molecular flexibility index (Phi) is 2.49. The van der Waals surface area contributed by atoms with Crippen LogP contribution in [0.1, 0.15) is 25.3 Å². The van der Waals surface area contributed by atoms with E-state index in [1.165, 1.54) is 44.7 Å². The molecule has 1 fully saturated rings. The minimum atomic E-state index is 0.488. The molecular formula is C14H21N2+. The van der Waals surface area contributed by atoms with Gasteiger partial charge in [-0.25, -0.2) is 0 Å². The maximum atomic E-state index is 2.58. The number of benzene rings is 1. The van der Waals surface area contributed by atoms with Crippen LogP contribution >= 0.6 is 0 Å². The Balaban J connectivity index is 1.87. The molecule has 2 aliphatic heterocycles. The molecule has 1 aromatic rings. The quantitative estimate of drug-likeness (QED) is 0.702. The van der Waals surface area contributed by atoms with Gasteiger partial charge in [-0.15, -0.1) is 0 Å². The SMILES string of the molecule is CCN1CCC2(CC1)C[NH2+]c1ccccc12. The number of likely N-dealkylation sites (tertiary alicyclic amines) is 1. The van der Waals surface area contributed by atoms with E-state index in [4.69, 9.17) is 0 Å². The fraction of sp³-hybridized carbons (Fsp3) is 0.571. The molecule has 86 valence electrons. The lowest BCUT2D eigenvalue weighted by atomic mass is 9.74. The molecule has 1 spiro atoms. The average Bonchev–Trinajstić information content (AvgIpc) is 2.71. The van der Waals surface area contributed by atoms with Gasteiger partial charge in [0.2, 0.25) is 0 Å². The van der Waals surface area contributed by atoms with Crippen LogP contribution in [-0.4, -0.2) is 31.1 Å². The van der Waals surface area contributed by atoms with E-state index in [2.05, 4.69) is 41.4 Å². The van der Waals surface area contributed by atoms with Gasteiger partial charge in [0, 0.05) is 5.56 Å². The van der Waals surface area contributed by atoms with Crippen molar-refractivity contribution in [3.63, 3.8) is 0 Å². The molecule has 2 N–H and O–H groups in total. The molecule has 0 bridgehead atoms. The Morgan fingerprint density at radius 1 is 1.25 bits per heavy atom. The van der Waals surface area contributed by atoms with Crippen molar-refractivity contribution in [2.75, 3.05) is 26.2 Å². The van der Waals surface area contributed by atoms with E-state index < -0.39 is 0 Å². The molecular weight excluding hydrogens is 196 g/mol. The zero-order valence-electron chi connectivity index (χ0n) is 10.1. The van der Waals surface area contributed by atoms with Crippen LogP contribution in [0.4, 0.5) is 5.69 Å². The highest BCUT2D eigenvalue weighted by Crippen LogP contribution is 2.39. The van der Waals surface area contributed by atoms with E-state index in [0.717, 1.165) is 0 Å². The summed E-state index contributed by atoms with van der Waals surface area (Å²) in [5.41, 5.74) is 3.60. The van der Waals surface area contributed by atoms with Crippen LogP contribution < -0.4 is 5.32 Å². The second-order valence-corrected chi connectivity index (χ2v) is 5.21. The molecule has 3 rings (SSSR count). The predicted molar refractivity (Wildman–Crippen MR) is 65.9 cm³/mol. The lowest BCUT2D eigenvalue weighted by molar-refractivity contribution is -0.569. The summed E-state index contributed by atoms with van der Waals surface area (Å²) in [6.45, 7) is 7.30. The third kappa shape index (κ3) is 1.48. The monoisotopic (exact) mass is 217 g/mol. The van der Waals surface area contributed by atoms with Crippen molar-refractivity contribution in [2.24, 2.45) is 0 Å². The van der Waals surface area contributed by atoms with Crippen LogP contribution in [0, 0.1) is 0 Å². The molecule has 2 heteroatoms. The number of fused-ring (bicyclic) bond motifs is 2. The number of piperidine rings is 1. The van der Waals surface area contributed by atoms with Crippen molar-refractivity contribution in [1.82, 2.24) is 4.90 Å². The van der Waals surface area contributed by atoms with Crippen LogP contribution in [0.2, 0.25) is 0 Å². The maximum Gasteiger partial charge on any atom is 0.133 e. The van der Waals surface area contributed by atoms with Crippen molar-refractivity contribution in [3.8, 4) is 0 Å². The molecule has 0 unspecified atom stereocenters. The fourth-order valence-corrected chi connectivity index (χ4v) is 3.34. The smallest absolute Gasteiger partial charge is 0.133 e. The summed E-state index contributed by atoms with van der Waals surface area (Å²) in [4.78, 5) is 2.58. The molecule has 0 amide bonds. The first kappa shape index (κ1) is 10.3. The van der Waals surface area contributed by atoms with Gasteiger partial charge in [0.25, 0.3) is 0 Å². The Morgan fingerprint density at radius 3 is 2.75 bits per heavy atom. The molecule has 0 radical (unpaired) electrons. The third-order valence-electron chi connectivity index (χ3n) is 4.51. The van der Waals surface area contributed by atoms with Crippen LogP contribution in [0.25, 0.3) is 0 Å². The zero-order chi connectivity index (χ0) is 11.0. The standard InChI is InChI=1S/C14H20N2/c1-2-16-9-7-14(8-10-16)11-15-13-6-4-3-5-12(13)14/h3-6,15H,2,7-11H2,1H3/p+1. The molecule has 2 aliphatic rings. The van der Waals surface area contributed by atoms with Gasteiger partial charge in [-0.3, -0.25) is 0 Å². The lowest BCUT2D eigenvalue weighted by Crippen LogP contribution is -2.78. The lowest BCUT2D eigenvalue weighted by Gasteiger charge is -2.37. The van der Waals surface area contributed by atoms with E-state index in [1.54, 1.807) is 5.56 Å². The van der Waals surface area contributed by atoms with Crippen LogP contribution in [-0.2, 0) is 5.41 Å². The molecule has 0 aliphatic carbocycles. The summed E-state index contributed by atoms with van der Waals surface area (Å²) in [5.74, 6) is 0. The summed E-state index contributed by atoms with van der Waals surface area (Å²) in [6.07, 6.45) is 2.68. The number of quaternary nitrogens is 1. The molecule has 16 heavy (non-hydrogen) atoms. The minimum Gasteiger partial charge on any atom is -0.313 e. The molecule has 0 atom stereocenters. The predicted octanol–water partition coefficient (Wildman–Crippen LogP) is 1.25. The Bertz CT molecular complexity index is 378. The van der Waals surface area contributed by atoms with Crippen LogP contribution in [0.3, 0.4) is 0 Å². The normalized spacial score (nSPS) is 23.6. The molecule has 2 nitrogen and oxygen atoms in total. The first-order chi connectivity index (χ1) is 7.84. The molecule has 0 saturated carbocycles. The summed E-state index contributed by atoms with van der Waals surface area (Å²) >= 11 is 0. The number of rotatable bonds is 1. The van der Waals surface area contributed by atoms with Crippen LogP contribution in [0.15, 0.2) is 24.3 Å².